The van der Waals surface area contributed by atoms with Crippen molar-refractivity contribution in [2.45, 2.75) is 63.8 Å². The van der Waals surface area contributed by atoms with E-state index in [0.29, 0.717) is 31.0 Å². The molecule has 0 aliphatic carbocycles. The summed E-state index contributed by atoms with van der Waals surface area (Å²) in [5.74, 6) is -0.744. The molecule has 0 radical (unpaired) electrons. The van der Waals surface area contributed by atoms with Crippen molar-refractivity contribution in [1.82, 2.24) is 15.3 Å². The second-order valence-electron chi connectivity index (χ2n) is 10.5. The highest BCUT2D eigenvalue weighted by molar-refractivity contribution is 6.04. The minimum absolute atomic E-state index is 0.203. The average Bonchev–Trinajstić information content (AvgIpc) is 3.25. The second-order valence-corrected chi connectivity index (χ2v) is 10.5. The molecule has 2 bridgehead atoms. The first-order valence-electron chi connectivity index (χ1n) is 13.0. The molecule has 216 valence electrons. The number of rotatable bonds is 6. The number of halogens is 3. The minimum atomic E-state index is -4.60. The molecule has 5 heterocycles. The Morgan fingerprint density at radius 1 is 1.27 bits per heavy atom. The summed E-state index contributed by atoms with van der Waals surface area (Å²) >= 11 is 0. The molecular formula is C26H31F3N6O5. The zero-order chi connectivity index (χ0) is 28.7. The summed E-state index contributed by atoms with van der Waals surface area (Å²) < 4.78 is 56.1. The predicted octanol–water partition coefficient (Wildman–Crippen LogP) is 3.71. The van der Waals surface area contributed by atoms with Crippen LogP contribution in [0.5, 0.6) is 5.75 Å². The third kappa shape index (κ3) is 6.07. The van der Waals surface area contributed by atoms with Gasteiger partial charge in [-0.2, -0.15) is 13.2 Å². The number of carbonyl (C=O) groups excluding carboxylic acids is 2. The van der Waals surface area contributed by atoms with E-state index in [1.165, 1.54) is 17.2 Å². The topological polar surface area (TPSA) is 118 Å². The number of urea groups is 1. The zero-order valence-electron chi connectivity index (χ0n) is 22.3. The van der Waals surface area contributed by atoms with Gasteiger partial charge in [-0.15, -0.1) is 0 Å². The van der Waals surface area contributed by atoms with Crippen molar-refractivity contribution >= 4 is 29.3 Å². The monoisotopic (exact) mass is 564 g/mol. The number of carbonyl (C=O) groups is 2. The standard InChI is InChI=1S/C26H31F3N6O5/c1-15(26(27,28)29)31-23(36)19-6-7-20-22(32-19)35(16-5-4-10-34(20)12-16)24(37)33-21-11-17(8-9-30-21)38-13-18-14-39-25(2,3)40-18/h6-9,11,15-16,18H,4-5,10,12-14H2,1-3H3,(H,31,36)(H,30,33,37)/t15-,16+,18+/m1/s1. The van der Waals surface area contributed by atoms with E-state index in [9.17, 15) is 22.8 Å². The molecule has 11 nitrogen and oxygen atoms in total. The van der Waals surface area contributed by atoms with Crippen LogP contribution < -0.4 is 25.2 Å². The number of alkyl halides is 3. The van der Waals surface area contributed by atoms with E-state index in [4.69, 9.17) is 14.2 Å². The van der Waals surface area contributed by atoms with Crippen LogP contribution in [0, 0.1) is 0 Å². The van der Waals surface area contributed by atoms with E-state index in [1.54, 1.807) is 18.2 Å². The van der Waals surface area contributed by atoms with Crippen LogP contribution in [-0.4, -0.2) is 78.4 Å². The number of piperidine rings is 1. The lowest BCUT2D eigenvalue weighted by Gasteiger charge is -2.45. The SMILES string of the molecule is C[C@@H](NC(=O)c1ccc2c(n1)N(C(=O)Nc1cc(OC[C@H]3COC(C)(C)O3)ccn1)[C@H]1CCCN2C1)C(F)(F)F. The Labute approximate surface area is 229 Å². The van der Waals surface area contributed by atoms with Gasteiger partial charge in [-0.25, -0.2) is 14.8 Å². The highest BCUT2D eigenvalue weighted by atomic mass is 19.4. The smallest absolute Gasteiger partial charge is 0.408 e. The molecule has 3 aliphatic heterocycles. The van der Waals surface area contributed by atoms with Crippen LogP contribution in [0.3, 0.4) is 0 Å². The van der Waals surface area contributed by atoms with Crippen LogP contribution in [0.4, 0.5) is 35.3 Å². The number of anilines is 3. The molecule has 2 fully saturated rings. The Bertz CT molecular complexity index is 1280. The number of aromatic nitrogens is 2. The molecule has 40 heavy (non-hydrogen) atoms. The van der Waals surface area contributed by atoms with Gasteiger partial charge < -0.3 is 24.4 Å². The molecule has 2 N–H and O–H groups in total. The molecule has 3 amide bonds. The van der Waals surface area contributed by atoms with Crippen LogP contribution in [0.1, 0.15) is 44.1 Å². The molecule has 0 saturated carbocycles. The maximum Gasteiger partial charge on any atom is 0.408 e. The van der Waals surface area contributed by atoms with Crippen molar-refractivity contribution in [1.29, 1.82) is 0 Å². The molecule has 5 rings (SSSR count). The summed E-state index contributed by atoms with van der Waals surface area (Å²) in [6.45, 7) is 6.46. The number of hydrogen-bond donors (Lipinski definition) is 2. The molecule has 2 aromatic heterocycles. The maximum atomic E-state index is 13.6. The van der Waals surface area contributed by atoms with Crippen molar-refractivity contribution < 1.29 is 37.0 Å². The summed E-state index contributed by atoms with van der Waals surface area (Å²) in [4.78, 5) is 38.2. The van der Waals surface area contributed by atoms with Crippen LogP contribution in [-0.2, 0) is 9.47 Å². The third-order valence-corrected chi connectivity index (χ3v) is 6.94. The van der Waals surface area contributed by atoms with Crippen LogP contribution in [0.2, 0.25) is 0 Å². The lowest BCUT2D eigenvalue weighted by atomic mass is 9.99. The number of nitrogens with one attached hydrogen (secondary N) is 2. The fourth-order valence-corrected chi connectivity index (χ4v) is 4.94. The van der Waals surface area contributed by atoms with Crippen molar-refractivity contribution in [3.05, 3.63) is 36.2 Å². The zero-order valence-corrected chi connectivity index (χ0v) is 22.3. The van der Waals surface area contributed by atoms with E-state index in [-0.39, 0.29) is 36.1 Å². The van der Waals surface area contributed by atoms with Gasteiger partial charge in [0.05, 0.1) is 18.3 Å². The van der Waals surface area contributed by atoms with Gasteiger partial charge in [0.1, 0.15) is 36.0 Å². The fraction of sp³-hybridized carbons (Fsp3) is 0.538. The summed E-state index contributed by atoms with van der Waals surface area (Å²) in [5.41, 5.74) is 0.405. The highest BCUT2D eigenvalue weighted by Crippen LogP contribution is 2.38. The molecule has 0 aromatic carbocycles. The van der Waals surface area contributed by atoms with Gasteiger partial charge >= 0.3 is 12.2 Å². The first-order valence-corrected chi connectivity index (χ1v) is 13.0. The third-order valence-electron chi connectivity index (χ3n) is 6.94. The lowest BCUT2D eigenvalue weighted by molar-refractivity contribution is -0.149. The largest absolute Gasteiger partial charge is 0.491 e. The van der Waals surface area contributed by atoms with Gasteiger partial charge in [0.25, 0.3) is 5.91 Å². The van der Waals surface area contributed by atoms with Crippen LogP contribution in [0.25, 0.3) is 0 Å². The molecule has 2 aromatic rings. The summed E-state index contributed by atoms with van der Waals surface area (Å²) in [6.07, 6.45) is -1.81. The Morgan fingerprint density at radius 3 is 2.80 bits per heavy atom. The van der Waals surface area contributed by atoms with Gasteiger partial charge in [-0.1, -0.05) is 0 Å². The van der Waals surface area contributed by atoms with Gasteiger partial charge in [0.2, 0.25) is 0 Å². The fourth-order valence-electron chi connectivity index (χ4n) is 4.94. The molecule has 3 atom stereocenters. The summed E-state index contributed by atoms with van der Waals surface area (Å²) in [5, 5.41) is 4.69. The van der Waals surface area contributed by atoms with E-state index in [0.717, 1.165) is 19.9 Å². The number of nitrogens with zero attached hydrogens (tertiary/aromatic N) is 4. The minimum Gasteiger partial charge on any atom is -0.491 e. The van der Waals surface area contributed by atoms with E-state index in [2.05, 4.69) is 20.2 Å². The second kappa shape index (κ2) is 10.7. The molecular weight excluding hydrogens is 533 g/mol. The number of fused-ring (bicyclic) bond motifs is 4. The average molecular weight is 565 g/mol. The number of ether oxygens (including phenoxy) is 3. The predicted molar refractivity (Wildman–Crippen MR) is 139 cm³/mol. The molecule has 0 spiro atoms. The maximum absolute atomic E-state index is 13.6. The Hall–Kier alpha value is -3.65. The van der Waals surface area contributed by atoms with E-state index >= 15 is 0 Å². The first-order chi connectivity index (χ1) is 18.9. The van der Waals surface area contributed by atoms with Gasteiger partial charge in [0, 0.05) is 25.4 Å². The Kier molecular flexibility index (Phi) is 7.48. The van der Waals surface area contributed by atoms with Gasteiger partial charge in [0.15, 0.2) is 11.6 Å². The van der Waals surface area contributed by atoms with E-state index in [1.807, 2.05) is 19.2 Å². The van der Waals surface area contributed by atoms with Crippen LogP contribution >= 0.6 is 0 Å². The van der Waals surface area contributed by atoms with Crippen molar-refractivity contribution in [3.8, 4) is 5.75 Å². The van der Waals surface area contributed by atoms with Crippen molar-refractivity contribution in [2.24, 2.45) is 0 Å². The Morgan fingerprint density at radius 2 is 2.08 bits per heavy atom. The highest BCUT2D eigenvalue weighted by Gasteiger charge is 2.40. The quantitative estimate of drug-likeness (QED) is 0.546. The van der Waals surface area contributed by atoms with Gasteiger partial charge in [-0.3, -0.25) is 15.0 Å². The summed E-state index contributed by atoms with van der Waals surface area (Å²) in [6, 6.07) is 3.38. The lowest BCUT2D eigenvalue weighted by Crippen LogP contribution is -2.56. The number of pyridine rings is 2. The molecule has 14 heteroatoms. The number of amides is 3. The Balaban J connectivity index is 1.33. The first kappa shape index (κ1) is 27.9. The molecule has 2 saturated heterocycles. The van der Waals surface area contributed by atoms with Crippen molar-refractivity contribution in [2.75, 3.05) is 41.4 Å². The van der Waals surface area contributed by atoms with E-state index < -0.39 is 29.9 Å². The van der Waals surface area contributed by atoms with Gasteiger partial charge in [-0.05, 0) is 51.8 Å². The molecule has 3 aliphatic rings. The van der Waals surface area contributed by atoms with Crippen molar-refractivity contribution in [3.63, 3.8) is 0 Å². The van der Waals surface area contributed by atoms with Crippen LogP contribution in [0.15, 0.2) is 30.5 Å². The normalized spacial score (nSPS) is 22.4. The summed E-state index contributed by atoms with van der Waals surface area (Å²) in [7, 11) is 0. The number of hydrogen-bond acceptors (Lipinski definition) is 8. The molecule has 0 unspecified atom stereocenters.